The van der Waals surface area contributed by atoms with Crippen LogP contribution in [0.3, 0.4) is 0 Å². The van der Waals surface area contributed by atoms with Crippen LogP contribution in [0.5, 0.6) is 11.5 Å². The molecule has 4 aliphatic heterocycles. The second-order valence-electron chi connectivity index (χ2n) is 21.3. The van der Waals surface area contributed by atoms with E-state index in [1.54, 1.807) is 24.0 Å². The highest BCUT2D eigenvalue weighted by Crippen LogP contribution is 2.42. The molecule has 4 aromatic carbocycles. The summed E-state index contributed by atoms with van der Waals surface area (Å²) in [7, 11) is 3.19. The highest BCUT2D eigenvalue weighted by atomic mass is 35.5. The summed E-state index contributed by atoms with van der Waals surface area (Å²) in [6, 6.07) is 27.4. The molecule has 15 nitrogen and oxygen atoms in total. The number of nitrogens with zero attached hydrogens (tertiary/aromatic N) is 4. The molecule has 0 bridgehead atoms. The van der Waals surface area contributed by atoms with Crippen molar-refractivity contribution in [3.63, 3.8) is 0 Å². The number of aromatic amines is 2. The van der Waals surface area contributed by atoms with E-state index in [1.807, 2.05) is 72.8 Å². The second kappa shape index (κ2) is 30.5. The summed E-state index contributed by atoms with van der Waals surface area (Å²) in [4.78, 5) is 42.1. The van der Waals surface area contributed by atoms with Gasteiger partial charge in [-0.2, -0.15) is 0 Å². The lowest BCUT2D eigenvalue weighted by molar-refractivity contribution is 0.0371. The largest absolute Gasteiger partial charge is 0.494 e. The predicted octanol–water partition coefficient (Wildman–Crippen LogP) is 12.8. The Bertz CT molecular complexity index is 2670. The number of halogens is 2. The molecular weight excluding hydrogens is 1060 g/mol. The van der Waals surface area contributed by atoms with Gasteiger partial charge in [-0.25, -0.2) is 9.59 Å². The molecule has 2 saturated heterocycles. The summed E-state index contributed by atoms with van der Waals surface area (Å²) in [5.74, 6) is 1.69. The van der Waals surface area contributed by atoms with Crippen molar-refractivity contribution in [1.82, 2.24) is 29.6 Å². The van der Waals surface area contributed by atoms with E-state index in [0.717, 1.165) is 127 Å². The lowest BCUT2D eigenvalue weighted by atomic mass is 9.92. The first-order valence-electron chi connectivity index (χ1n) is 29.2. The molecule has 2 N–H and O–H groups in total. The van der Waals surface area contributed by atoms with Gasteiger partial charge in [0.2, 0.25) is 0 Å². The fourth-order valence-electron chi connectivity index (χ4n) is 11.7. The van der Waals surface area contributed by atoms with Crippen molar-refractivity contribution in [3.05, 3.63) is 129 Å². The Labute approximate surface area is 482 Å². The van der Waals surface area contributed by atoms with Gasteiger partial charge in [0.25, 0.3) is 0 Å². The van der Waals surface area contributed by atoms with Crippen molar-refractivity contribution in [1.29, 1.82) is 0 Å². The Morgan fingerprint density at radius 2 is 0.950 bits per heavy atom. The average molecular weight is 1140 g/mol. The molecule has 6 aromatic rings. The van der Waals surface area contributed by atoms with E-state index in [4.69, 9.17) is 56.4 Å². The van der Waals surface area contributed by atoms with Gasteiger partial charge in [0.15, 0.2) is 0 Å². The van der Waals surface area contributed by atoms with Gasteiger partial charge in [-0.15, -0.1) is 0 Å². The third-order valence-corrected chi connectivity index (χ3v) is 16.4. The van der Waals surface area contributed by atoms with E-state index in [2.05, 4.69) is 31.9 Å². The van der Waals surface area contributed by atoms with Gasteiger partial charge in [0, 0.05) is 83.6 Å². The summed E-state index contributed by atoms with van der Waals surface area (Å²) in [5, 5.41) is 3.61. The van der Waals surface area contributed by atoms with Crippen molar-refractivity contribution in [2.75, 3.05) is 119 Å². The summed E-state index contributed by atoms with van der Waals surface area (Å²) in [6.07, 6.45) is 14.3. The Kier molecular flexibility index (Phi) is 22.5. The number of rotatable bonds is 24. The summed E-state index contributed by atoms with van der Waals surface area (Å²) >= 11 is 12.6. The Hall–Kier alpha value is -5.52. The number of benzene rings is 4. The van der Waals surface area contributed by atoms with Crippen LogP contribution < -0.4 is 9.47 Å². The molecular formula is C63H82Cl2N6O9. The van der Waals surface area contributed by atoms with Crippen LogP contribution in [0.1, 0.15) is 116 Å². The van der Waals surface area contributed by atoms with Gasteiger partial charge in [0.05, 0.1) is 39.6 Å². The molecule has 17 heteroatoms. The van der Waals surface area contributed by atoms with E-state index >= 15 is 0 Å². The molecule has 2 aromatic heterocycles. The zero-order chi connectivity index (χ0) is 55.5. The smallest absolute Gasteiger partial charge is 0.410 e. The van der Waals surface area contributed by atoms with Crippen LogP contribution in [0.15, 0.2) is 84.9 Å². The van der Waals surface area contributed by atoms with Crippen molar-refractivity contribution in [2.24, 2.45) is 0 Å². The molecule has 0 spiro atoms. The van der Waals surface area contributed by atoms with Crippen LogP contribution in [0.25, 0.3) is 21.8 Å². The van der Waals surface area contributed by atoms with Gasteiger partial charge in [-0.05, 0) is 160 Å². The first kappa shape index (κ1) is 59.1. The number of hydrogen-bond donors (Lipinski definition) is 2. The molecule has 2 fully saturated rings. The fourth-order valence-corrected chi connectivity index (χ4v) is 12.0. The Morgan fingerprint density at radius 1 is 0.512 bits per heavy atom. The number of amides is 2. The van der Waals surface area contributed by atoms with Gasteiger partial charge in [-0.3, -0.25) is 14.7 Å². The quantitative estimate of drug-likeness (QED) is 0.0559. The topological polar surface area (TPSA) is 143 Å². The third kappa shape index (κ3) is 15.9. The summed E-state index contributed by atoms with van der Waals surface area (Å²) < 4.78 is 38.7. The monoisotopic (exact) mass is 1140 g/mol. The minimum absolute atomic E-state index is 0.216. The first-order valence-corrected chi connectivity index (χ1v) is 30.0. The molecule has 10 rings (SSSR count). The number of piperidine rings is 1. The molecule has 2 atom stereocenters. The van der Waals surface area contributed by atoms with Crippen LogP contribution in [0, 0.1) is 0 Å². The molecule has 2 unspecified atom stereocenters. The first-order chi connectivity index (χ1) is 39.3. The molecule has 0 radical (unpaired) electrons. The standard InChI is InChI=1S/C32H42ClN3O4.C31H40ClN3O5/c1-38-21-22-40-32(37)36-19-15-27-28-23-25(33)11-14-29(28)34-30(27)31(36)24-9-12-26(13-10-24)39-20-8-3-2-5-16-35-17-6-4-7-18-35;1-37-20-21-40-31(36)35-14-12-26-27-22-24(32)8-11-28(27)33-29(26)30(35)23-6-9-25(10-7-23)39-17-5-3-2-4-13-34-15-18-38-19-16-34/h9-14,23,31,34H,2-8,15-22H2,1H3;6-11,22,30,33H,2-5,12-21H2,1H3. The van der Waals surface area contributed by atoms with Crippen molar-refractivity contribution in [2.45, 2.75) is 95.6 Å². The second-order valence-corrected chi connectivity index (χ2v) is 22.2. The number of hydrogen-bond acceptors (Lipinski definition) is 11. The number of carbonyl (C=O) groups is 2. The summed E-state index contributed by atoms with van der Waals surface area (Å²) in [6.45, 7) is 12.5. The molecule has 80 heavy (non-hydrogen) atoms. The predicted molar refractivity (Wildman–Crippen MR) is 316 cm³/mol. The van der Waals surface area contributed by atoms with E-state index in [9.17, 15) is 9.59 Å². The van der Waals surface area contributed by atoms with Crippen LogP contribution in [-0.2, 0) is 36.5 Å². The molecule has 6 heterocycles. The van der Waals surface area contributed by atoms with Crippen LogP contribution in [0.4, 0.5) is 9.59 Å². The van der Waals surface area contributed by atoms with Gasteiger partial charge in [0.1, 0.15) is 36.8 Å². The fraction of sp³-hybridized carbons (Fsp3) is 0.524. The maximum Gasteiger partial charge on any atom is 0.410 e. The molecule has 4 aliphatic rings. The van der Waals surface area contributed by atoms with E-state index in [1.165, 1.54) is 82.1 Å². The van der Waals surface area contributed by atoms with Crippen molar-refractivity contribution >= 4 is 57.2 Å². The number of likely N-dealkylation sites (tertiary alicyclic amines) is 1. The number of H-pyrrole nitrogens is 2. The number of fused-ring (bicyclic) bond motifs is 6. The van der Waals surface area contributed by atoms with E-state index in [0.29, 0.717) is 43.0 Å². The number of carbonyl (C=O) groups excluding carboxylic acids is 2. The Balaban J connectivity index is 0.000000194. The Morgan fingerprint density at radius 3 is 1.40 bits per heavy atom. The molecule has 2 amide bonds. The average Bonchev–Trinajstić information content (AvgIpc) is 4.18. The lowest BCUT2D eigenvalue weighted by Crippen LogP contribution is -2.41. The normalized spacial score (nSPS) is 17.6. The lowest BCUT2D eigenvalue weighted by Gasteiger charge is -2.35. The molecule has 0 saturated carbocycles. The highest BCUT2D eigenvalue weighted by Gasteiger charge is 2.37. The third-order valence-electron chi connectivity index (χ3n) is 15.9. The SMILES string of the molecule is COCCOC(=O)N1CCc2c([nH]c3ccc(Cl)cc23)C1c1ccc(OCCCCCCN2CCCCC2)cc1.COCCOC(=O)N1CCc2c([nH]c3ccc(Cl)cc23)C1c1ccc(OCCCCCCN2CCOCC2)cc1. The number of ether oxygens (including phenoxy) is 7. The maximum atomic E-state index is 13.1. The number of methoxy groups -OCH3 is 2. The number of unbranched alkanes of at least 4 members (excludes halogenated alkanes) is 6. The van der Waals surface area contributed by atoms with Gasteiger partial charge < -0.3 is 48.0 Å². The zero-order valence-corrected chi connectivity index (χ0v) is 48.5. The van der Waals surface area contributed by atoms with Crippen molar-refractivity contribution in [3.8, 4) is 11.5 Å². The molecule has 432 valence electrons. The van der Waals surface area contributed by atoms with Gasteiger partial charge in [-0.1, -0.05) is 79.6 Å². The van der Waals surface area contributed by atoms with Crippen LogP contribution in [-0.4, -0.2) is 161 Å². The number of aromatic nitrogens is 2. The number of morpholine rings is 1. The van der Waals surface area contributed by atoms with Crippen molar-refractivity contribution < 1.29 is 42.7 Å². The minimum Gasteiger partial charge on any atom is -0.494 e. The maximum absolute atomic E-state index is 13.1. The van der Waals surface area contributed by atoms with Crippen LogP contribution >= 0.6 is 23.2 Å². The minimum atomic E-state index is -0.349. The highest BCUT2D eigenvalue weighted by molar-refractivity contribution is 6.31. The van der Waals surface area contributed by atoms with E-state index < -0.39 is 0 Å². The van der Waals surface area contributed by atoms with Crippen LogP contribution in [0.2, 0.25) is 10.0 Å². The summed E-state index contributed by atoms with van der Waals surface area (Å²) in [5.41, 5.74) is 8.43. The number of nitrogens with one attached hydrogen (secondary N) is 2. The zero-order valence-electron chi connectivity index (χ0n) is 47.0. The molecule has 0 aliphatic carbocycles. The van der Waals surface area contributed by atoms with Gasteiger partial charge >= 0.3 is 12.2 Å². The van der Waals surface area contributed by atoms with E-state index in [-0.39, 0.29) is 37.5 Å².